The van der Waals surface area contributed by atoms with Gasteiger partial charge in [-0.15, -0.1) is 0 Å². The quantitative estimate of drug-likeness (QED) is 0.467. The predicted octanol–water partition coefficient (Wildman–Crippen LogP) is 0.436. The second-order valence-electron chi connectivity index (χ2n) is 3.98. The van der Waals surface area contributed by atoms with Crippen LogP contribution in [-0.4, -0.2) is 41.0 Å². The fourth-order valence-electron chi connectivity index (χ4n) is 1.46. The molecule has 0 fully saturated rings. The molecular formula is C12H18N2O5. The van der Waals surface area contributed by atoms with E-state index in [0.29, 0.717) is 17.9 Å². The van der Waals surface area contributed by atoms with Crippen molar-refractivity contribution >= 4 is 5.69 Å². The number of non-ortho nitro benzene ring substituents is 1. The van der Waals surface area contributed by atoms with Crippen molar-refractivity contribution in [2.75, 3.05) is 19.8 Å². The summed E-state index contributed by atoms with van der Waals surface area (Å²) in [5.41, 5.74) is 0.629. The highest BCUT2D eigenvalue weighted by Crippen LogP contribution is 2.24. The minimum atomic E-state index is -0.970. The molecule has 0 aromatic heterocycles. The van der Waals surface area contributed by atoms with Gasteiger partial charge in [0.1, 0.15) is 18.5 Å². The highest BCUT2D eigenvalue weighted by molar-refractivity contribution is 5.43. The van der Waals surface area contributed by atoms with Crippen molar-refractivity contribution in [2.45, 2.75) is 19.6 Å². The molecule has 1 atom stereocenters. The summed E-state index contributed by atoms with van der Waals surface area (Å²) in [6, 6.07) is 4.27. The van der Waals surface area contributed by atoms with E-state index >= 15 is 0 Å². The topological polar surface area (TPSA) is 105 Å². The van der Waals surface area contributed by atoms with E-state index in [1.54, 1.807) is 0 Å². The van der Waals surface area contributed by atoms with Gasteiger partial charge in [-0.2, -0.15) is 0 Å². The molecule has 1 rings (SSSR count). The van der Waals surface area contributed by atoms with Gasteiger partial charge in [0.25, 0.3) is 5.69 Å². The summed E-state index contributed by atoms with van der Waals surface area (Å²) in [5.74, 6) is 0.457. The third-order valence-corrected chi connectivity index (χ3v) is 2.46. The van der Waals surface area contributed by atoms with Crippen LogP contribution in [0.3, 0.4) is 0 Å². The number of hydrogen-bond acceptors (Lipinski definition) is 6. The molecule has 0 amide bonds. The molecule has 0 saturated heterocycles. The Hall–Kier alpha value is -1.70. The number of aliphatic hydroxyl groups is 2. The van der Waals surface area contributed by atoms with E-state index in [2.05, 4.69) is 5.32 Å². The highest BCUT2D eigenvalue weighted by Gasteiger charge is 2.12. The molecule has 0 spiro atoms. The lowest BCUT2D eigenvalue weighted by molar-refractivity contribution is -0.384. The fraction of sp³-hybridized carbons (Fsp3) is 0.500. The molecule has 19 heavy (non-hydrogen) atoms. The SMILES string of the molecule is CCNCc1cc([N+](=O)[O-])ccc1OCC(O)CO. The number of rotatable bonds is 8. The zero-order chi connectivity index (χ0) is 14.3. The summed E-state index contributed by atoms with van der Waals surface area (Å²) >= 11 is 0. The van der Waals surface area contributed by atoms with Crippen LogP contribution in [0.5, 0.6) is 5.75 Å². The monoisotopic (exact) mass is 270 g/mol. The van der Waals surface area contributed by atoms with Gasteiger partial charge in [-0.25, -0.2) is 0 Å². The van der Waals surface area contributed by atoms with Gasteiger partial charge in [-0.05, 0) is 12.6 Å². The molecule has 0 aliphatic heterocycles. The Morgan fingerprint density at radius 1 is 1.53 bits per heavy atom. The van der Waals surface area contributed by atoms with Gasteiger partial charge < -0.3 is 20.3 Å². The van der Waals surface area contributed by atoms with Gasteiger partial charge in [0.15, 0.2) is 0 Å². The lowest BCUT2D eigenvalue weighted by Gasteiger charge is -2.13. The average Bonchev–Trinajstić information content (AvgIpc) is 2.42. The van der Waals surface area contributed by atoms with Crippen molar-refractivity contribution in [3.8, 4) is 5.75 Å². The Morgan fingerprint density at radius 3 is 2.84 bits per heavy atom. The molecule has 0 radical (unpaired) electrons. The Kier molecular flexibility index (Phi) is 6.20. The third-order valence-electron chi connectivity index (χ3n) is 2.46. The molecule has 0 aliphatic rings. The number of nitrogens with zero attached hydrogens (tertiary/aromatic N) is 1. The second-order valence-corrected chi connectivity index (χ2v) is 3.98. The molecule has 7 nitrogen and oxygen atoms in total. The van der Waals surface area contributed by atoms with Crippen LogP contribution in [0.4, 0.5) is 5.69 Å². The lowest BCUT2D eigenvalue weighted by atomic mass is 10.1. The first-order valence-corrected chi connectivity index (χ1v) is 5.98. The average molecular weight is 270 g/mol. The summed E-state index contributed by atoms with van der Waals surface area (Å²) in [6.45, 7) is 2.63. The van der Waals surface area contributed by atoms with Gasteiger partial charge in [0, 0.05) is 24.2 Å². The van der Waals surface area contributed by atoms with Crippen LogP contribution in [-0.2, 0) is 6.54 Å². The molecule has 0 saturated carbocycles. The number of nitro groups is 1. The van der Waals surface area contributed by atoms with E-state index in [1.165, 1.54) is 18.2 Å². The first kappa shape index (κ1) is 15.4. The van der Waals surface area contributed by atoms with Crippen LogP contribution in [0.1, 0.15) is 12.5 Å². The zero-order valence-corrected chi connectivity index (χ0v) is 10.7. The number of aliphatic hydroxyl groups excluding tert-OH is 2. The van der Waals surface area contributed by atoms with Crippen LogP contribution in [0.2, 0.25) is 0 Å². The van der Waals surface area contributed by atoms with Crippen LogP contribution < -0.4 is 10.1 Å². The standard InChI is InChI=1S/C12H18N2O5/c1-2-13-6-9-5-10(14(17)18)3-4-12(9)19-8-11(16)7-15/h3-5,11,13,15-16H,2,6-8H2,1H3. The van der Waals surface area contributed by atoms with E-state index in [1.807, 2.05) is 6.92 Å². The minimum Gasteiger partial charge on any atom is -0.490 e. The summed E-state index contributed by atoms with van der Waals surface area (Å²) in [7, 11) is 0. The van der Waals surface area contributed by atoms with Crippen molar-refractivity contribution < 1.29 is 19.9 Å². The van der Waals surface area contributed by atoms with Gasteiger partial charge in [-0.3, -0.25) is 10.1 Å². The normalized spacial score (nSPS) is 12.2. The van der Waals surface area contributed by atoms with Crippen LogP contribution in [0.15, 0.2) is 18.2 Å². The molecule has 1 unspecified atom stereocenters. The largest absolute Gasteiger partial charge is 0.490 e. The summed E-state index contributed by atoms with van der Waals surface area (Å²) in [5, 5.41) is 31.7. The maximum Gasteiger partial charge on any atom is 0.270 e. The van der Waals surface area contributed by atoms with E-state index in [-0.39, 0.29) is 12.3 Å². The number of nitro benzene ring substituents is 1. The lowest BCUT2D eigenvalue weighted by Crippen LogP contribution is -2.22. The summed E-state index contributed by atoms with van der Waals surface area (Å²) < 4.78 is 5.35. The first-order chi connectivity index (χ1) is 9.08. The highest BCUT2D eigenvalue weighted by atomic mass is 16.6. The number of benzene rings is 1. The Morgan fingerprint density at radius 2 is 2.26 bits per heavy atom. The van der Waals surface area contributed by atoms with E-state index in [4.69, 9.17) is 9.84 Å². The molecule has 0 bridgehead atoms. The van der Waals surface area contributed by atoms with Crippen molar-refractivity contribution in [1.82, 2.24) is 5.32 Å². The Bertz CT molecular complexity index is 425. The zero-order valence-electron chi connectivity index (χ0n) is 10.7. The van der Waals surface area contributed by atoms with E-state index < -0.39 is 17.6 Å². The first-order valence-electron chi connectivity index (χ1n) is 5.98. The predicted molar refractivity (Wildman–Crippen MR) is 69.1 cm³/mol. The molecule has 7 heteroatoms. The number of nitrogens with one attached hydrogen (secondary N) is 1. The van der Waals surface area contributed by atoms with Crippen molar-refractivity contribution in [3.63, 3.8) is 0 Å². The van der Waals surface area contributed by atoms with E-state index in [0.717, 1.165) is 6.54 Å². The van der Waals surface area contributed by atoms with Gasteiger partial charge in [-0.1, -0.05) is 6.92 Å². The number of ether oxygens (including phenoxy) is 1. The molecule has 106 valence electrons. The minimum absolute atomic E-state index is 0.0111. The second kappa shape index (κ2) is 7.67. The van der Waals surface area contributed by atoms with Gasteiger partial charge in [0.05, 0.1) is 11.5 Å². The molecule has 0 heterocycles. The summed E-state index contributed by atoms with van der Waals surface area (Å²) in [6.07, 6.45) is -0.970. The van der Waals surface area contributed by atoms with Crippen molar-refractivity contribution in [1.29, 1.82) is 0 Å². The van der Waals surface area contributed by atoms with Gasteiger partial charge >= 0.3 is 0 Å². The fourth-order valence-corrected chi connectivity index (χ4v) is 1.46. The molecule has 3 N–H and O–H groups in total. The van der Waals surface area contributed by atoms with Crippen molar-refractivity contribution in [3.05, 3.63) is 33.9 Å². The van der Waals surface area contributed by atoms with Crippen LogP contribution in [0, 0.1) is 10.1 Å². The smallest absolute Gasteiger partial charge is 0.270 e. The Labute approximate surface area is 111 Å². The summed E-state index contributed by atoms with van der Waals surface area (Å²) in [4.78, 5) is 10.3. The maximum absolute atomic E-state index is 10.7. The van der Waals surface area contributed by atoms with Gasteiger partial charge in [0.2, 0.25) is 0 Å². The Balaban J connectivity index is 2.85. The number of hydrogen-bond donors (Lipinski definition) is 3. The third kappa shape index (κ3) is 4.82. The van der Waals surface area contributed by atoms with E-state index in [9.17, 15) is 15.2 Å². The molecule has 1 aromatic carbocycles. The van der Waals surface area contributed by atoms with Crippen molar-refractivity contribution in [2.24, 2.45) is 0 Å². The maximum atomic E-state index is 10.7. The molecule has 0 aliphatic carbocycles. The molecule has 1 aromatic rings. The van der Waals surface area contributed by atoms with Crippen LogP contribution >= 0.6 is 0 Å². The molecular weight excluding hydrogens is 252 g/mol. The van der Waals surface area contributed by atoms with Crippen LogP contribution in [0.25, 0.3) is 0 Å².